The summed E-state index contributed by atoms with van der Waals surface area (Å²) in [6.45, 7) is 7.00. The van der Waals surface area contributed by atoms with Gasteiger partial charge in [-0.3, -0.25) is 4.79 Å². The fraction of sp³-hybridized carbons (Fsp3) is 0.367. The Morgan fingerprint density at radius 1 is 1.11 bits per heavy atom. The summed E-state index contributed by atoms with van der Waals surface area (Å²) in [6, 6.07) is 15.8. The van der Waals surface area contributed by atoms with Crippen LogP contribution in [0.5, 0.6) is 11.5 Å². The molecule has 3 aromatic rings. The van der Waals surface area contributed by atoms with Crippen LogP contribution in [-0.2, 0) is 11.2 Å². The number of halogens is 1. The smallest absolute Gasteiger partial charge is 0.232 e. The van der Waals surface area contributed by atoms with E-state index in [1.165, 1.54) is 0 Å². The Balaban J connectivity index is 1.80. The van der Waals surface area contributed by atoms with E-state index < -0.39 is 0 Å². The van der Waals surface area contributed by atoms with Gasteiger partial charge in [0.2, 0.25) is 5.91 Å². The summed E-state index contributed by atoms with van der Waals surface area (Å²) in [5, 5.41) is 0.650. The lowest BCUT2D eigenvalue weighted by Gasteiger charge is -2.46. The maximum absolute atomic E-state index is 13.8. The average Bonchev–Trinajstić information content (AvgIpc) is 2.89. The highest BCUT2D eigenvalue weighted by Crippen LogP contribution is 2.57. The number of hydrogen-bond acceptors (Lipinski definition) is 5. The van der Waals surface area contributed by atoms with Crippen molar-refractivity contribution in [2.24, 2.45) is 0 Å². The van der Waals surface area contributed by atoms with E-state index in [4.69, 9.17) is 21.1 Å². The zero-order valence-corrected chi connectivity index (χ0v) is 23.1. The predicted octanol–water partition coefficient (Wildman–Crippen LogP) is 6.74. The van der Waals surface area contributed by atoms with Gasteiger partial charge in [-0.15, -0.1) is 0 Å². The Bertz CT molecular complexity index is 1340. The molecule has 3 aromatic carbocycles. The van der Waals surface area contributed by atoms with Crippen LogP contribution < -0.4 is 24.2 Å². The van der Waals surface area contributed by atoms with Gasteiger partial charge >= 0.3 is 0 Å². The summed E-state index contributed by atoms with van der Waals surface area (Å²) in [5.41, 5.74) is 6.99. The number of nitrogens with zero attached hydrogens (tertiary/aromatic N) is 3. The van der Waals surface area contributed by atoms with Crippen molar-refractivity contribution in [3.63, 3.8) is 0 Å². The van der Waals surface area contributed by atoms with Crippen LogP contribution in [0.25, 0.3) is 0 Å². The fourth-order valence-electron chi connectivity index (χ4n) is 5.41. The van der Waals surface area contributed by atoms with Gasteiger partial charge in [0, 0.05) is 53.9 Å². The van der Waals surface area contributed by atoms with Gasteiger partial charge < -0.3 is 24.2 Å². The Morgan fingerprint density at radius 3 is 2.46 bits per heavy atom. The lowest BCUT2D eigenvalue weighted by atomic mass is 9.81. The summed E-state index contributed by atoms with van der Waals surface area (Å²) >= 11 is 6.53. The first kappa shape index (κ1) is 25.3. The molecule has 1 amide bonds. The predicted molar refractivity (Wildman–Crippen MR) is 151 cm³/mol. The highest BCUT2D eigenvalue weighted by molar-refractivity contribution is 6.31. The first-order chi connectivity index (χ1) is 17.8. The number of anilines is 4. The standard InChI is InChI=1S/C30H34ClN3O3/c1-7-18(3)37-30-25(36-6)15-19-16-26(35)34(22-12-10-21(11-13-22)32(4)5)28-23-14-9-20(31)17-24(23)33(8-2)29(30)27(19)28/h9-15,17-18,28H,7-8,16H2,1-6H3/t18-,28?/m1/s1. The molecular weight excluding hydrogens is 486 g/mol. The van der Waals surface area contributed by atoms with Gasteiger partial charge in [0.05, 0.1) is 31.4 Å². The summed E-state index contributed by atoms with van der Waals surface area (Å²) in [6.07, 6.45) is 1.15. The van der Waals surface area contributed by atoms with Crippen molar-refractivity contribution in [1.29, 1.82) is 0 Å². The molecule has 0 aromatic heterocycles. The molecule has 0 aliphatic carbocycles. The van der Waals surface area contributed by atoms with Crippen molar-refractivity contribution in [3.05, 3.63) is 70.2 Å². The number of benzene rings is 3. The molecule has 2 atom stereocenters. The van der Waals surface area contributed by atoms with E-state index in [0.717, 1.165) is 45.9 Å². The second-order valence-corrected chi connectivity index (χ2v) is 10.3. The molecule has 6 nitrogen and oxygen atoms in total. The van der Waals surface area contributed by atoms with Gasteiger partial charge in [0.15, 0.2) is 11.5 Å². The van der Waals surface area contributed by atoms with Crippen molar-refractivity contribution in [3.8, 4) is 11.5 Å². The normalized spacial score (nSPS) is 16.7. The largest absolute Gasteiger partial charge is 0.493 e. The average molecular weight is 520 g/mol. The number of methoxy groups -OCH3 is 1. The van der Waals surface area contributed by atoms with Crippen molar-refractivity contribution in [2.45, 2.75) is 45.8 Å². The number of ether oxygens (including phenoxy) is 2. The number of rotatable bonds is 7. The second-order valence-electron chi connectivity index (χ2n) is 9.87. The number of amides is 1. The lowest BCUT2D eigenvalue weighted by Crippen LogP contribution is -2.44. The molecule has 0 radical (unpaired) electrons. The third-order valence-corrected chi connectivity index (χ3v) is 7.64. The molecule has 194 valence electrons. The van der Waals surface area contributed by atoms with Crippen LogP contribution in [0.4, 0.5) is 22.7 Å². The maximum atomic E-state index is 13.8. The summed E-state index contributed by atoms with van der Waals surface area (Å²) in [4.78, 5) is 20.1. The van der Waals surface area contributed by atoms with E-state index in [9.17, 15) is 4.79 Å². The number of fused-ring (bicyclic) bond motifs is 2. The van der Waals surface area contributed by atoms with Crippen molar-refractivity contribution >= 4 is 40.3 Å². The minimum absolute atomic E-state index is 0.000942. The fourth-order valence-corrected chi connectivity index (χ4v) is 5.58. The van der Waals surface area contributed by atoms with Crippen LogP contribution in [-0.4, -0.2) is 39.8 Å². The molecule has 37 heavy (non-hydrogen) atoms. The van der Waals surface area contributed by atoms with Crippen LogP contribution in [0, 0.1) is 0 Å². The van der Waals surface area contributed by atoms with Gasteiger partial charge in [0.25, 0.3) is 0 Å². The highest BCUT2D eigenvalue weighted by atomic mass is 35.5. The van der Waals surface area contributed by atoms with Gasteiger partial charge in [0.1, 0.15) is 0 Å². The third-order valence-electron chi connectivity index (χ3n) is 7.41. The van der Waals surface area contributed by atoms with Gasteiger partial charge in [-0.1, -0.05) is 24.6 Å². The first-order valence-corrected chi connectivity index (χ1v) is 13.2. The van der Waals surface area contributed by atoms with E-state index in [1.807, 2.05) is 49.3 Å². The Kier molecular flexibility index (Phi) is 6.71. The number of hydrogen-bond donors (Lipinski definition) is 0. The molecule has 0 saturated heterocycles. The van der Waals surface area contributed by atoms with E-state index in [0.29, 0.717) is 23.1 Å². The van der Waals surface area contributed by atoms with E-state index in [1.54, 1.807) is 7.11 Å². The summed E-state index contributed by atoms with van der Waals surface area (Å²) < 4.78 is 12.4. The zero-order valence-electron chi connectivity index (χ0n) is 22.3. The van der Waals surface area contributed by atoms with E-state index in [2.05, 4.69) is 48.8 Å². The van der Waals surface area contributed by atoms with Crippen LogP contribution in [0.1, 0.15) is 49.9 Å². The molecule has 5 rings (SSSR count). The molecule has 2 heterocycles. The molecular formula is C30H34ClN3O3. The molecule has 0 spiro atoms. The Hall–Kier alpha value is -3.38. The molecule has 2 aliphatic heterocycles. The highest BCUT2D eigenvalue weighted by Gasteiger charge is 2.44. The van der Waals surface area contributed by atoms with Gasteiger partial charge in [-0.2, -0.15) is 0 Å². The van der Waals surface area contributed by atoms with Crippen LogP contribution in [0.2, 0.25) is 5.02 Å². The van der Waals surface area contributed by atoms with Crippen LogP contribution in [0.15, 0.2) is 48.5 Å². The zero-order chi connectivity index (χ0) is 26.4. The van der Waals surface area contributed by atoms with Gasteiger partial charge in [-0.05, 0) is 68.3 Å². The Labute approximate surface area is 224 Å². The maximum Gasteiger partial charge on any atom is 0.232 e. The monoisotopic (exact) mass is 519 g/mol. The SMILES string of the molecule is CC[C@@H](C)Oc1c(OC)cc2c3c1N(CC)c1cc(Cl)ccc1C3N(c1ccc(N(C)C)cc1)C(=O)C2. The topological polar surface area (TPSA) is 45.3 Å². The quantitative estimate of drug-likeness (QED) is 0.346. The molecule has 0 N–H and O–H groups in total. The number of carbonyl (C=O) groups is 1. The molecule has 2 aliphatic rings. The third kappa shape index (κ3) is 4.17. The van der Waals surface area contributed by atoms with Crippen LogP contribution in [0.3, 0.4) is 0 Å². The summed E-state index contributed by atoms with van der Waals surface area (Å²) in [7, 11) is 5.68. The molecule has 0 fully saturated rings. The minimum Gasteiger partial charge on any atom is -0.493 e. The second kappa shape index (κ2) is 9.82. The van der Waals surface area contributed by atoms with E-state index >= 15 is 0 Å². The van der Waals surface area contributed by atoms with Crippen molar-refractivity contribution in [1.82, 2.24) is 0 Å². The molecule has 0 bridgehead atoms. The molecule has 0 saturated carbocycles. The van der Waals surface area contributed by atoms with Gasteiger partial charge in [-0.25, -0.2) is 0 Å². The lowest BCUT2D eigenvalue weighted by molar-refractivity contribution is -0.118. The Morgan fingerprint density at radius 2 is 1.84 bits per heavy atom. The molecule has 7 heteroatoms. The van der Waals surface area contributed by atoms with Crippen LogP contribution >= 0.6 is 11.6 Å². The van der Waals surface area contributed by atoms with Crippen molar-refractivity contribution in [2.75, 3.05) is 42.4 Å². The minimum atomic E-state index is -0.309. The summed E-state index contributed by atoms with van der Waals surface area (Å²) in [5.74, 6) is 1.41. The van der Waals surface area contributed by atoms with Crippen molar-refractivity contribution < 1.29 is 14.3 Å². The number of carbonyl (C=O) groups excluding carboxylic acids is 1. The van der Waals surface area contributed by atoms with E-state index in [-0.39, 0.29) is 24.5 Å². The molecule has 1 unspecified atom stereocenters. The first-order valence-electron chi connectivity index (χ1n) is 12.9.